The van der Waals surface area contributed by atoms with Gasteiger partial charge in [-0.25, -0.2) is 15.0 Å². The lowest BCUT2D eigenvalue weighted by Gasteiger charge is -2.28. The number of hydrogen-bond donors (Lipinski definition) is 0. The lowest BCUT2D eigenvalue weighted by molar-refractivity contribution is 0.236. The van der Waals surface area contributed by atoms with E-state index in [2.05, 4.69) is 41.8 Å². The monoisotopic (exact) mass is 411 g/mol. The summed E-state index contributed by atoms with van der Waals surface area (Å²) in [4.78, 5) is 20.3. The molecule has 0 radical (unpaired) electrons. The summed E-state index contributed by atoms with van der Waals surface area (Å²) in [6, 6.07) is 7.83. The van der Waals surface area contributed by atoms with Crippen molar-refractivity contribution >= 4 is 15.9 Å². The highest BCUT2D eigenvalue weighted by molar-refractivity contribution is 9.10. The van der Waals surface area contributed by atoms with Gasteiger partial charge in [0.15, 0.2) is 5.82 Å². The van der Waals surface area contributed by atoms with Crippen molar-refractivity contribution < 1.29 is 4.74 Å². The maximum atomic E-state index is 5.40. The summed E-state index contributed by atoms with van der Waals surface area (Å²) in [5.74, 6) is 1.34. The third-order valence-electron chi connectivity index (χ3n) is 4.40. The molecule has 0 fully saturated rings. The van der Waals surface area contributed by atoms with E-state index < -0.39 is 0 Å². The maximum absolute atomic E-state index is 5.40. The van der Waals surface area contributed by atoms with E-state index in [9.17, 15) is 0 Å². The summed E-state index contributed by atoms with van der Waals surface area (Å²) < 4.78 is 6.35. The first kappa shape index (κ1) is 17.1. The van der Waals surface area contributed by atoms with Gasteiger partial charge >= 0.3 is 0 Å². The van der Waals surface area contributed by atoms with Crippen molar-refractivity contribution in [1.29, 1.82) is 0 Å². The highest BCUT2D eigenvalue weighted by Gasteiger charge is 2.20. The number of hydrogen-bond acceptors (Lipinski definition) is 6. The summed E-state index contributed by atoms with van der Waals surface area (Å²) in [7, 11) is 1.65. The van der Waals surface area contributed by atoms with Gasteiger partial charge in [-0.2, -0.15) is 0 Å². The van der Waals surface area contributed by atoms with E-state index in [1.54, 1.807) is 19.5 Å². The van der Waals surface area contributed by atoms with Crippen LogP contribution in [-0.2, 0) is 19.5 Å². The second-order valence-electron chi connectivity index (χ2n) is 6.16. The Morgan fingerprint density at radius 1 is 1.19 bits per heavy atom. The number of nitrogens with zero attached hydrogens (tertiary/aromatic N) is 5. The highest BCUT2D eigenvalue weighted by Crippen LogP contribution is 2.25. The van der Waals surface area contributed by atoms with Crippen molar-refractivity contribution in [3.8, 4) is 17.4 Å². The fraction of sp³-hybridized carbons (Fsp3) is 0.263. The average molecular weight is 412 g/mol. The van der Waals surface area contributed by atoms with Gasteiger partial charge in [0.1, 0.15) is 5.69 Å². The minimum absolute atomic E-state index is 0.663. The van der Waals surface area contributed by atoms with Crippen LogP contribution in [-0.4, -0.2) is 38.5 Å². The molecule has 3 aromatic rings. The van der Waals surface area contributed by atoms with E-state index in [0.29, 0.717) is 11.7 Å². The summed E-state index contributed by atoms with van der Waals surface area (Å²) in [6.07, 6.45) is 6.38. The molecule has 4 heterocycles. The van der Waals surface area contributed by atoms with Gasteiger partial charge in [0.2, 0.25) is 5.88 Å². The van der Waals surface area contributed by atoms with Crippen LogP contribution in [0.15, 0.2) is 47.3 Å². The van der Waals surface area contributed by atoms with Crippen LogP contribution in [0.4, 0.5) is 0 Å². The fourth-order valence-electron chi connectivity index (χ4n) is 3.12. The molecule has 0 bridgehead atoms. The van der Waals surface area contributed by atoms with Gasteiger partial charge in [-0.05, 0) is 46.1 Å². The van der Waals surface area contributed by atoms with E-state index in [4.69, 9.17) is 9.72 Å². The van der Waals surface area contributed by atoms with E-state index in [1.807, 2.05) is 24.4 Å². The molecule has 0 unspecified atom stereocenters. The second kappa shape index (κ2) is 7.47. The van der Waals surface area contributed by atoms with Gasteiger partial charge in [0.05, 0.1) is 12.8 Å². The van der Waals surface area contributed by atoms with Crippen molar-refractivity contribution in [3.63, 3.8) is 0 Å². The largest absolute Gasteiger partial charge is 0.481 e. The van der Waals surface area contributed by atoms with Gasteiger partial charge in [0.25, 0.3) is 0 Å². The molecule has 0 N–H and O–H groups in total. The molecule has 0 aromatic carbocycles. The molecule has 0 saturated heterocycles. The summed E-state index contributed by atoms with van der Waals surface area (Å²) in [5.41, 5.74) is 4.13. The molecule has 7 heteroatoms. The predicted molar refractivity (Wildman–Crippen MR) is 102 cm³/mol. The third-order valence-corrected chi connectivity index (χ3v) is 4.83. The number of aromatic nitrogens is 4. The number of rotatable bonds is 4. The minimum Gasteiger partial charge on any atom is -0.481 e. The van der Waals surface area contributed by atoms with Crippen LogP contribution in [0.1, 0.15) is 16.8 Å². The van der Waals surface area contributed by atoms with Gasteiger partial charge in [-0.1, -0.05) is 6.07 Å². The van der Waals surface area contributed by atoms with Crippen LogP contribution in [0.5, 0.6) is 5.88 Å². The first-order valence-corrected chi connectivity index (χ1v) is 9.19. The Bertz CT molecular complexity index is 919. The Balaban J connectivity index is 1.57. The molecule has 0 spiro atoms. The van der Waals surface area contributed by atoms with Gasteiger partial charge in [-0.3, -0.25) is 9.88 Å². The predicted octanol–water partition coefficient (Wildman–Crippen LogP) is 3.26. The number of halogens is 1. The SMILES string of the molecule is COc1ncc(Br)cc1CN1CCc2cnc(-c3ccccn3)nc2C1. The van der Waals surface area contributed by atoms with Crippen LogP contribution in [0.2, 0.25) is 0 Å². The molecular weight excluding hydrogens is 394 g/mol. The maximum Gasteiger partial charge on any atom is 0.217 e. The summed E-state index contributed by atoms with van der Waals surface area (Å²) >= 11 is 3.49. The molecule has 26 heavy (non-hydrogen) atoms. The van der Waals surface area contributed by atoms with Crippen molar-refractivity contribution in [1.82, 2.24) is 24.8 Å². The molecule has 0 aliphatic carbocycles. The van der Waals surface area contributed by atoms with Crippen molar-refractivity contribution in [2.45, 2.75) is 19.5 Å². The topological polar surface area (TPSA) is 64.0 Å². The molecule has 0 amide bonds. The van der Waals surface area contributed by atoms with E-state index in [0.717, 1.165) is 47.5 Å². The van der Waals surface area contributed by atoms with Crippen molar-refractivity contribution in [2.75, 3.05) is 13.7 Å². The zero-order valence-electron chi connectivity index (χ0n) is 14.4. The van der Waals surface area contributed by atoms with E-state index >= 15 is 0 Å². The number of methoxy groups -OCH3 is 1. The van der Waals surface area contributed by atoms with Gasteiger partial charge < -0.3 is 4.74 Å². The third kappa shape index (κ3) is 3.59. The summed E-state index contributed by atoms with van der Waals surface area (Å²) in [6.45, 7) is 2.49. The molecular formula is C19H18BrN5O. The van der Waals surface area contributed by atoms with Crippen LogP contribution < -0.4 is 4.74 Å². The lowest BCUT2D eigenvalue weighted by atomic mass is 10.1. The second-order valence-corrected chi connectivity index (χ2v) is 7.08. The Morgan fingerprint density at radius 2 is 2.12 bits per heavy atom. The van der Waals surface area contributed by atoms with Crippen LogP contribution in [0.25, 0.3) is 11.5 Å². The number of ether oxygens (including phenoxy) is 1. The smallest absolute Gasteiger partial charge is 0.217 e. The fourth-order valence-corrected chi connectivity index (χ4v) is 3.50. The average Bonchev–Trinajstić information content (AvgIpc) is 2.68. The Morgan fingerprint density at radius 3 is 2.92 bits per heavy atom. The Hall–Kier alpha value is -2.38. The Labute approximate surface area is 160 Å². The van der Waals surface area contributed by atoms with E-state index in [-0.39, 0.29) is 0 Å². The summed E-state index contributed by atoms with van der Waals surface area (Å²) in [5, 5.41) is 0. The number of pyridine rings is 2. The molecule has 0 saturated carbocycles. The molecule has 1 aliphatic rings. The standard InChI is InChI=1S/C19H18BrN5O/c1-26-19-14(8-15(20)10-23-19)11-25-7-5-13-9-22-18(24-17(13)12-25)16-4-2-3-6-21-16/h2-4,6,8-10H,5,7,11-12H2,1H3. The van der Waals surface area contributed by atoms with E-state index in [1.165, 1.54) is 5.56 Å². The zero-order valence-corrected chi connectivity index (χ0v) is 16.0. The van der Waals surface area contributed by atoms with Crippen LogP contribution >= 0.6 is 15.9 Å². The van der Waals surface area contributed by atoms with Crippen molar-refractivity contribution in [3.05, 3.63) is 64.1 Å². The first-order valence-electron chi connectivity index (χ1n) is 8.40. The quantitative estimate of drug-likeness (QED) is 0.656. The molecule has 4 rings (SSSR count). The molecule has 6 nitrogen and oxygen atoms in total. The highest BCUT2D eigenvalue weighted by atomic mass is 79.9. The van der Waals surface area contributed by atoms with Crippen LogP contribution in [0, 0.1) is 0 Å². The zero-order chi connectivity index (χ0) is 17.9. The number of fused-ring (bicyclic) bond motifs is 1. The van der Waals surface area contributed by atoms with Gasteiger partial charge in [0, 0.05) is 48.3 Å². The minimum atomic E-state index is 0.663. The molecule has 3 aromatic heterocycles. The van der Waals surface area contributed by atoms with Crippen molar-refractivity contribution in [2.24, 2.45) is 0 Å². The normalized spacial score (nSPS) is 14.1. The lowest BCUT2D eigenvalue weighted by Crippen LogP contribution is -2.31. The Kier molecular flexibility index (Phi) is 4.90. The van der Waals surface area contributed by atoms with Gasteiger partial charge in [-0.15, -0.1) is 0 Å². The molecule has 1 aliphatic heterocycles. The first-order chi connectivity index (χ1) is 12.7. The molecule has 132 valence electrons. The molecule has 0 atom stereocenters. The van der Waals surface area contributed by atoms with Crippen LogP contribution in [0.3, 0.4) is 0 Å².